The van der Waals surface area contributed by atoms with Crippen molar-refractivity contribution in [3.8, 4) is 0 Å². The van der Waals surface area contributed by atoms with Crippen molar-refractivity contribution in [1.29, 1.82) is 0 Å². The number of hydrogen-bond donors (Lipinski definition) is 0. The summed E-state index contributed by atoms with van der Waals surface area (Å²) in [5.74, 6) is -2.49. The molecule has 0 saturated carbocycles. The van der Waals surface area contributed by atoms with E-state index in [9.17, 15) is 4.79 Å². The summed E-state index contributed by atoms with van der Waals surface area (Å²) in [7, 11) is -2.87. The number of carbonyl (C=O) groups excluding carboxylic acids is 1. The lowest BCUT2D eigenvalue weighted by Crippen LogP contribution is -2.67. The lowest BCUT2D eigenvalue weighted by Gasteiger charge is -2.45. The first-order chi connectivity index (χ1) is 21.3. The van der Waals surface area contributed by atoms with Gasteiger partial charge in [0.25, 0.3) is 8.32 Å². The maximum absolute atomic E-state index is 16.6. The zero-order chi connectivity index (χ0) is 32.8. The Kier molecular flexibility index (Phi) is 11.8. The summed E-state index contributed by atoms with van der Waals surface area (Å²) in [4.78, 5) is 13.2. The predicted molar refractivity (Wildman–Crippen MR) is 189 cm³/mol. The first kappa shape index (κ1) is 35.5. The van der Waals surface area contributed by atoms with Gasteiger partial charge < -0.3 is 18.6 Å². The van der Waals surface area contributed by atoms with Gasteiger partial charge in [-0.3, -0.25) is 0 Å². The molecular weight excluding hydrogens is 698 g/mol. The van der Waals surface area contributed by atoms with Gasteiger partial charge in [-0.2, -0.15) is 0 Å². The van der Waals surface area contributed by atoms with Crippen LogP contribution in [0.2, 0.25) is 5.04 Å². The van der Waals surface area contributed by atoms with Crippen LogP contribution in [0.4, 0.5) is 4.39 Å². The third-order valence-corrected chi connectivity index (χ3v) is 14.1. The van der Waals surface area contributed by atoms with E-state index < -0.39 is 44.2 Å². The van der Waals surface area contributed by atoms with Crippen LogP contribution in [0.1, 0.15) is 65.2 Å². The Labute approximate surface area is 282 Å². The monoisotopic (exact) mass is 744 g/mol. The van der Waals surface area contributed by atoms with E-state index in [0.29, 0.717) is 12.0 Å². The number of benzene rings is 3. The van der Waals surface area contributed by atoms with Crippen molar-refractivity contribution in [2.24, 2.45) is 5.92 Å². The zero-order valence-electron chi connectivity index (χ0n) is 27.3. The Hall–Kier alpha value is -2.37. The highest BCUT2D eigenvalue weighted by Gasteiger charge is 2.52. The van der Waals surface area contributed by atoms with Gasteiger partial charge in [-0.05, 0) is 60.8 Å². The fourth-order valence-electron chi connectivity index (χ4n) is 6.05. The van der Waals surface area contributed by atoms with E-state index >= 15 is 4.39 Å². The summed E-state index contributed by atoms with van der Waals surface area (Å²) in [6.07, 6.45) is -0.736. The van der Waals surface area contributed by atoms with E-state index in [1.807, 2.05) is 56.3 Å². The second kappa shape index (κ2) is 15.0. The SMILES string of the molecule is C[C@H](C=C(F)C(OC(=O)c1ccccc1)C1OC(C)(C)O[C@H]1CCI)[C@@H](C)O[Si](c1ccccc1)(c1ccccc1)C(C)(C)C. The minimum Gasteiger partial charge on any atom is -0.449 e. The second-order valence-electron chi connectivity index (χ2n) is 13.2. The minimum absolute atomic E-state index is 0.229. The van der Waals surface area contributed by atoms with Crippen LogP contribution in [-0.4, -0.2) is 48.9 Å². The topological polar surface area (TPSA) is 54.0 Å². The lowest BCUT2D eigenvalue weighted by atomic mass is 10.00. The average Bonchev–Trinajstić information content (AvgIpc) is 3.32. The van der Waals surface area contributed by atoms with Crippen molar-refractivity contribution in [2.45, 2.75) is 90.1 Å². The van der Waals surface area contributed by atoms with Gasteiger partial charge in [0.15, 0.2) is 11.9 Å². The summed E-state index contributed by atoms with van der Waals surface area (Å²) >= 11 is 2.27. The summed E-state index contributed by atoms with van der Waals surface area (Å²) in [5.41, 5.74) is 0.343. The molecule has 1 saturated heterocycles. The van der Waals surface area contributed by atoms with Gasteiger partial charge in [-0.25, -0.2) is 9.18 Å². The van der Waals surface area contributed by atoms with Crippen LogP contribution < -0.4 is 10.4 Å². The van der Waals surface area contributed by atoms with E-state index in [1.165, 1.54) is 6.08 Å². The van der Waals surface area contributed by atoms with Gasteiger partial charge in [0.1, 0.15) is 11.9 Å². The molecule has 0 aromatic heterocycles. The largest absolute Gasteiger partial charge is 0.449 e. The molecule has 1 aliphatic rings. The van der Waals surface area contributed by atoms with Crippen LogP contribution in [0.3, 0.4) is 0 Å². The number of rotatable bonds is 12. The number of alkyl halides is 1. The van der Waals surface area contributed by atoms with Crippen molar-refractivity contribution < 1.29 is 27.8 Å². The highest BCUT2D eigenvalue weighted by molar-refractivity contribution is 14.1. The molecule has 45 heavy (non-hydrogen) atoms. The molecule has 4 rings (SSSR count). The Morgan fingerprint density at radius 2 is 1.44 bits per heavy atom. The molecule has 5 nitrogen and oxygen atoms in total. The quantitative estimate of drug-likeness (QED) is 0.0815. The highest BCUT2D eigenvalue weighted by atomic mass is 127. The molecule has 0 amide bonds. The molecule has 0 radical (unpaired) electrons. The van der Waals surface area contributed by atoms with E-state index in [-0.39, 0.29) is 17.1 Å². The van der Waals surface area contributed by atoms with Gasteiger partial charge in [0.05, 0.1) is 11.7 Å². The van der Waals surface area contributed by atoms with E-state index in [2.05, 4.69) is 67.6 Å². The molecule has 1 heterocycles. The molecule has 3 aromatic carbocycles. The maximum Gasteiger partial charge on any atom is 0.338 e. The first-order valence-corrected chi connectivity index (χ1v) is 19.1. The Bertz CT molecular complexity index is 1370. The number of ether oxygens (including phenoxy) is 3. The number of halogens is 2. The molecule has 8 heteroatoms. The molecule has 3 aromatic rings. The molecule has 1 aliphatic heterocycles. The summed E-state index contributed by atoms with van der Waals surface area (Å²) < 4.78 is 42.9. The van der Waals surface area contributed by atoms with Gasteiger partial charge in [0, 0.05) is 16.4 Å². The third kappa shape index (κ3) is 8.32. The van der Waals surface area contributed by atoms with Crippen LogP contribution in [-0.2, 0) is 18.6 Å². The number of hydrogen-bond acceptors (Lipinski definition) is 5. The van der Waals surface area contributed by atoms with Crippen molar-refractivity contribution >= 4 is 47.3 Å². The van der Waals surface area contributed by atoms with Crippen molar-refractivity contribution in [2.75, 3.05) is 4.43 Å². The smallest absolute Gasteiger partial charge is 0.338 e. The van der Waals surface area contributed by atoms with Crippen molar-refractivity contribution in [3.05, 3.63) is 108 Å². The first-order valence-electron chi connectivity index (χ1n) is 15.6. The Balaban J connectivity index is 1.70. The Morgan fingerprint density at radius 3 is 1.93 bits per heavy atom. The number of esters is 1. The van der Waals surface area contributed by atoms with Crippen LogP contribution >= 0.6 is 22.6 Å². The summed E-state index contributed by atoms with van der Waals surface area (Å²) in [5, 5.41) is 2.08. The molecule has 5 atom stereocenters. The number of carbonyl (C=O) groups is 1. The van der Waals surface area contributed by atoms with Gasteiger partial charge >= 0.3 is 5.97 Å². The van der Waals surface area contributed by atoms with Crippen molar-refractivity contribution in [1.82, 2.24) is 0 Å². The van der Waals surface area contributed by atoms with E-state index in [1.54, 1.807) is 38.1 Å². The molecule has 2 unspecified atom stereocenters. The Morgan fingerprint density at radius 1 is 0.933 bits per heavy atom. The molecular formula is C37H46FIO5Si. The van der Waals surface area contributed by atoms with Gasteiger partial charge in [0.2, 0.25) is 0 Å². The van der Waals surface area contributed by atoms with Crippen LogP contribution in [0, 0.1) is 5.92 Å². The minimum atomic E-state index is -2.87. The van der Waals surface area contributed by atoms with Crippen LogP contribution in [0.25, 0.3) is 0 Å². The van der Waals surface area contributed by atoms with Gasteiger partial charge in [-0.1, -0.05) is 129 Å². The molecule has 0 spiro atoms. The summed E-state index contributed by atoms with van der Waals surface area (Å²) in [6, 6.07) is 29.4. The van der Waals surface area contributed by atoms with Crippen molar-refractivity contribution in [3.63, 3.8) is 0 Å². The zero-order valence-corrected chi connectivity index (χ0v) is 30.5. The third-order valence-electron chi connectivity index (χ3n) is 8.37. The van der Waals surface area contributed by atoms with Crippen LogP contribution in [0.15, 0.2) is 103 Å². The van der Waals surface area contributed by atoms with E-state index in [0.717, 1.165) is 14.8 Å². The normalized spacial score (nSPS) is 20.8. The average molecular weight is 745 g/mol. The molecule has 242 valence electrons. The summed E-state index contributed by atoms with van der Waals surface area (Å²) in [6.45, 7) is 14.2. The molecule has 0 aliphatic carbocycles. The molecule has 1 fully saturated rings. The fourth-order valence-corrected chi connectivity index (χ4v) is 11.4. The molecule has 0 bridgehead atoms. The van der Waals surface area contributed by atoms with E-state index in [4.69, 9.17) is 18.6 Å². The van der Waals surface area contributed by atoms with Crippen LogP contribution in [0.5, 0.6) is 0 Å². The predicted octanol–water partition coefficient (Wildman–Crippen LogP) is 8.01. The fraction of sp³-hybridized carbons (Fsp3) is 0.432. The molecule has 0 N–H and O–H groups in total. The highest BCUT2D eigenvalue weighted by Crippen LogP contribution is 2.39. The van der Waals surface area contributed by atoms with Gasteiger partial charge in [-0.15, -0.1) is 0 Å². The second-order valence-corrected chi connectivity index (χ2v) is 18.5. The maximum atomic E-state index is 16.6. The standard InChI is InChI=1S/C37H46FIO5Si/c1-26(27(2)44-45(36(3,4)5,29-19-13-9-14-20-29)30-21-15-10-16-22-30)25-31(38)33(41-35(40)28-17-11-8-12-18-28)34-32(23-24-39)42-37(6,7)43-34/h8-22,25-27,32-34H,23-24H2,1-7H3/t26-,27-,32+,33?,34?/m1/s1. The lowest BCUT2D eigenvalue weighted by molar-refractivity contribution is -0.154.